The van der Waals surface area contributed by atoms with Gasteiger partial charge in [-0.3, -0.25) is 0 Å². The molecule has 0 spiro atoms. The third-order valence-electron chi connectivity index (χ3n) is 4.44. The zero-order chi connectivity index (χ0) is 15.2. The van der Waals surface area contributed by atoms with Crippen LogP contribution in [0.4, 0.5) is 0 Å². The van der Waals surface area contributed by atoms with Crippen molar-refractivity contribution in [3.63, 3.8) is 0 Å². The van der Waals surface area contributed by atoms with E-state index < -0.39 is 0 Å². The molecule has 1 aliphatic carbocycles. The summed E-state index contributed by atoms with van der Waals surface area (Å²) in [7, 11) is 0. The minimum absolute atomic E-state index is 0.592. The Balaban J connectivity index is 1.61. The molecule has 0 amide bonds. The Morgan fingerprint density at radius 2 is 1.55 bits per heavy atom. The van der Waals surface area contributed by atoms with E-state index in [9.17, 15) is 0 Å². The second kappa shape index (κ2) is 7.46. The molecule has 0 saturated heterocycles. The van der Waals surface area contributed by atoms with Gasteiger partial charge in [0.1, 0.15) is 5.75 Å². The van der Waals surface area contributed by atoms with Crippen LogP contribution in [0, 0.1) is 0 Å². The van der Waals surface area contributed by atoms with Crippen molar-refractivity contribution in [2.45, 2.75) is 45.1 Å². The lowest BCUT2D eigenvalue weighted by molar-refractivity contribution is -0.0892. The summed E-state index contributed by atoms with van der Waals surface area (Å²) in [5, 5.41) is 2.15. The Kier molecular flexibility index (Phi) is 5.12. The second-order valence-corrected chi connectivity index (χ2v) is 6.07. The molecule has 22 heavy (non-hydrogen) atoms. The monoisotopic (exact) mass is 295 g/mol. The molecule has 0 aliphatic heterocycles. The quantitative estimate of drug-likeness (QED) is 0.707. The Morgan fingerprint density at radius 1 is 0.909 bits per heavy atom. The Bertz CT molecular complexity index is 558. The van der Waals surface area contributed by atoms with Gasteiger partial charge >= 0.3 is 0 Å². The van der Waals surface area contributed by atoms with Crippen LogP contribution in [-0.2, 0) is 6.42 Å². The zero-order valence-electron chi connectivity index (χ0n) is 13.4. The molecule has 2 aromatic rings. The van der Waals surface area contributed by atoms with Crippen LogP contribution in [0.15, 0.2) is 54.6 Å². The number of hydrogen-bond acceptors (Lipinski definition) is 2. The van der Waals surface area contributed by atoms with E-state index in [0.717, 1.165) is 18.7 Å². The van der Waals surface area contributed by atoms with E-state index in [4.69, 9.17) is 4.84 Å². The predicted octanol–water partition coefficient (Wildman–Crippen LogP) is 4.84. The summed E-state index contributed by atoms with van der Waals surface area (Å²) in [4.78, 5) is 6.09. The molecule has 1 fully saturated rings. The molecule has 3 rings (SSSR count). The Hall–Kier alpha value is -1.80. The summed E-state index contributed by atoms with van der Waals surface area (Å²) in [5.74, 6) is 0.950. The molecule has 1 saturated carbocycles. The van der Waals surface area contributed by atoms with E-state index in [1.165, 1.54) is 36.8 Å². The molecule has 1 aliphatic rings. The zero-order valence-corrected chi connectivity index (χ0v) is 13.4. The molecular weight excluding hydrogens is 270 g/mol. The summed E-state index contributed by atoms with van der Waals surface area (Å²) in [5.41, 5.74) is 2.67. The van der Waals surface area contributed by atoms with Crippen molar-refractivity contribution in [3.05, 3.63) is 65.7 Å². The largest absolute Gasteiger partial charge is 0.406 e. The maximum absolute atomic E-state index is 6.09. The number of hydrogen-bond donors (Lipinski definition) is 0. The number of benzene rings is 2. The maximum Gasteiger partial charge on any atom is 0.147 e. The number of hydroxylamine groups is 2. The number of nitrogens with zero attached hydrogens (tertiary/aromatic N) is 1. The van der Waals surface area contributed by atoms with Crippen molar-refractivity contribution in [2.24, 2.45) is 0 Å². The van der Waals surface area contributed by atoms with Crippen molar-refractivity contribution in [1.82, 2.24) is 5.06 Å². The van der Waals surface area contributed by atoms with Crippen molar-refractivity contribution >= 4 is 0 Å². The van der Waals surface area contributed by atoms with E-state index in [1.807, 2.05) is 0 Å². The lowest BCUT2D eigenvalue weighted by Gasteiger charge is -2.26. The molecule has 0 bridgehead atoms. The molecule has 0 heterocycles. The molecule has 116 valence electrons. The molecule has 2 aromatic carbocycles. The van der Waals surface area contributed by atoms with Crippen molar-refractivity contribution in [3.8, 4) is 5.75 Å². The summed E-state index contributed by atoms with van der Waals surface area (Å²) < 4.78 is 0. The van der Waals surface area contributed by atoms with Crippen LogP contribution < -0.4 is 4.84 Å². The minimum Gasteiger partial charge on any atom is -0.406 e. The first-order valence-electron chi connectivity index (χ1n) is 8.42. The van der Waals surface area contributed by atoms with Crippen molar-refractivity contribution in [1.29, 1.82) is 0 Å². The first kappa shape index (κ1) is 15.1. The average molecular weight is 295 g/mol. The summed E-state index contributed by atoms with van der Waals surface area (Å²) in [6.45, 7) is 3.11. The highest BCUT2D eigenvalue weighted by atomic mass is 16.7. The van der Waals surface area contributed by atoms with Crippen LogP contribution in [0.3, 0.4) is 0 Å². The third-order valence-corrected chi connectivity index (χ3v) is 4.44. The maximum atomic E-state index is 6.09. The Morgan fingerprint density at radius 3 is 2.18 bits per heavy atom. The van der Waals surface area contributed by atoms with Gasteiger partial charge in [0, 0.05) is 12.6 Å². The van der Waals surface area contributed by atoms with Crippen LogP contribution in [0.2, 0.25) is 0 Å². The van der Waals surface area contributed by atoms with Crippen LogP contribution >= 0.6 is 0 Å². The van der Waals surface area contributed by atoms with Gasteiger partial charge in [0.25, 0.3) is 0 Å². The fourth-order valence-corrected chi connectivity index (χ4v) is 3.22. The summed E-state index contributed by atoms with van der Waals surface area (Å²) in [6, 6.07) is 19.7. The molecule has 0 atom stereocenters. The highest BCUT2D eigenvalue weighted by Gasteiger charge is 2.22. The van der Waals surface area contributed by atoms with Gasteiger partial charge in [-0.2, -0.15) is 0 Å². The van der Waals surface area contributed by atoms with Crippen LogP contribution in [0.5, 0.6) is 5.75 Å². The van der Waals surface area contributed by atoms with E-state index in [-0.39, 0.29) is 0 Å². The number of rotatable bonds is 6. The predicted molar refractivity (Wildman–Crippen MR) is 91.0 cm³/mol. The highest BCUT2D eigenvalue weighted by Crippen LogP contribution is 2.25. The molecule has 0 aromatic heterocycles. The van der Waals surface area contributed by atoms with E-state index in [2.05, 4.69) is 66.6 Å². The van der Waals surface area contributed by atoms with Crippen molar-refractivity contribution in [2.75, 3.05) is 6.54 Å². The lowest BCUT2D eigenvalue weighted by Crippen LogP contribution is -2.36. The first-order valence-corrected chi connectivity index (χ1v) is 8.42. The van der Waals surface area contributed by atoms with Crippen molar-refractivity contribution < 1.29 is 4.84 Å². The molecule has 2 nitrogen and oxygen atoms in total. The smallest absolute Gasteiger partial charge is 0.147 e. The first-order chi connectivity index (χ1) is 10.8. The highest BCUT2D eigenvalue weighted by molar-refractivity contribution is 5.31. The van der Waals surface area contributed by atoms with Gasteiger partial charge in [0.2, 0.25) is 0 Å². The van der Waals surface area contributed by atoms with Gasteiger partial charge in [-0.15, -0.1) is 5.06 Å². The summed E-state index contributed by atoms with van der Waals surface area (Å²) in [6.07, 6.45) is 6.17. The fraction of sp³-hybridized carbons (Fsp3) is 0.400. The van der Waals surface area contributed by atoms with Crippen LogP contribution in [0.1, 0.15) is 43.7 Å². The van der Waals surface area contributed by atoms with Gasteiger partial charge in [-0.05, 0) is 49.4 Å². The van der Waals surface area contributed by atoms with E-state index in [0.29, 0.717) is 6.04 Å². The van der Waals surface area contributed by atoms with Gasteiger partial charge in [-0.25, -0.2) is 0 Å². The minimum atomic E-state index is 0.592. The molecule has 0 unspecified atom stereocenters. The van der Waals surface area contributed by atoms with Gasteiger partial charge in [0.15, 0.2) is 0 Å². The molecule has 0 N–H and O–H groups in total. The molecular formula is C20H25NO. The third kappa shape index (κ3) is 3.89. The lowest BCUT2D eigenvalue weighted by atomic mass is 10.1. The molecule has 0 radical (unpaired) electrons. The standard InChI is InChI=1S/C20H25NO/c1-2-21(19-10-6-7-11-19)22-20-14-12-18(13-15-20)16-17-8-4-3-5-9-17/h3-5,8-9,12-15,19H,2,6-7,10-11,16H2,1H3. The average Bonchev–Trinajstić information content (AvgIpc) is 3.09. The summed E-state index contributed by atoms with van der Waals surface area (Å²) >= 11 is 0. The normalized spacial score (nSPS) is 15.4. The Labute approximate surface area is 133 Å². The van der Waals surface area contributed by atoms with E-state index >= 15 is 0 Å². The fourth-order valence-electron chi connectivity index (χ4n) is 3.22. The van der Waals surface area contributed by atoms with Gasteiger partial charge in [0.05, 0.1) is 0 Å². The van der Waals surface area contributed by atoms with E-state index in [1.54, 1.807) is 0 Å². The van der Waals surface area contributed by atoms with Gasteiger partial charge < -0.3 is 4.84 Å². The topological polar surface area (TPSA) is 12.5 Å². The molecule has 2 heteroatoms. The van der Waals surface area contributed by atoms with Gasteiger partial charge in [-0.1, -0.05) is 55.3 Å². The van der Waals surface area contributed by atoms with Crippen LogP contribution in [0.25, 0.3) is 0 Å². The second-order valence-electron chi connectivity index (χ2n) is 6.07. The van der Waals surface area contributed by atoms with Crippen LogP contribution in [-0.4, -0.2) is 17.6 Å². The SMILES string of the molecule is CCN(Oc1ccc(Cc2ccccc2)cc1)C1CCCC1.